The molecule has 1 aliphatic carbocycles. The van der Waals surface area contributed by atoms with E-state index in [2.05, 4.69) is 22.0 Å². The minimum absolute atomic E-state index is 0.361. The van der Waals surface area contributed by atoms with Crippen molar-refractivity contribution < 1.29 is 4.74 Å². The molecule has 1 fully saturated rings. The van der Waals surface area contributed by atoms with Gasteiger partial charge in [-0.25, -0.2) is 4.98 Å². The largest absolute Gasteiger partial charge is 0.497 e. The van der Waals surface area contributed by atoms with Gasteiger partial charge in [0.2, 0.25) is 5.95 Å². The fourth-order valence-electron chi connectivity index (χ4n) is 4.19. The molecular weight excluding hydrogens is 432 g/mol. The molecule has 0 spiro atoms. The molecule has 0 radical (unpaired) electrons. The number of anilines is 2. The average Bonchev–Trinajstić information content (AvgIpc) is 2.83. The second-order valence-corrected chi connectivity index (χ2v) is 9.06. The number of benzene rings is 2. The number of methoxy groups -OCH3 is 1. The summed E-state index contributed by atoms with van der Waals surface area (Å²) >= 11 is 5.51. The second kappa shape index (κ2) is 10.7. The Kier molecular flexibility index (Phi) is 7.44. The molecule has 1 saturated carbocycles. The molecule has 0 aliphatic heterocycles. The lowest BCUT2D eigenvalue weighted by Crippen LogP contribution is -2.44. The first-order chi connectivity index (χ1) is 16.0. The summed E-state index contributed by atoms with van der Waals surface area (Å²) in [5.74, 6) is 2.49. The van der Waals surface area contributed by atoms with Crippen molar-refractivity contribution in [3.05, 3.63) is 54.1 Å². The van der Waals surface area contributed by atoms with Crippen LogP contribution in [0.25, 0.3) is 10.9 Å². The van der Waals surface area contributed by atoms with Crippen molar-refractivity contribution in [3.63, 3.8) is 0 Å². The number of fused-ring (bicyclic) bond motifs is 1. The molecule has 2 aromatic carbocycles. The van der Waals surface area contributed by atoms with Crippen LogP contribution >= 0.6 is 12.2 Å². The molecule has 7 nitrogen and oxygen atoms in total. The highest BCUT2D eigenvalue weighted by atomic mass is 32.1. The number of hydrogen-bond donors (Lipinski definition) is 3. The molecule has 0 saturated heterocycles. The van der Waals surface area contributed by atoms with Crippen LogP contribution in [-0.4, -0.2) is 48.4 Å². The molecule has 0 bridgehead atoms. The van der Waals surface area contributed by atoms with Crippen LogP contribution in [0.4, 0.5) is 11.8 Å². The summed E-state index contributed by atoms with van der Waals surface area (Å²) in [7, 11) is 5.70. The normalized spacial score (nSPS) is 17.9. The number of rotatable bonds is 7. The van der Waals surface area contributed by atoms with Crippen LogP contribution < -0.4 is 25.6 Å². The van der Waals surface area contributed by atoms with E-state index < -0.39 is 0 Å². The topological polar surface area (TPSA) is 74.3 Å². The Morgan fingerprint density at radius 1 is 1.00 bits per heavy atom. The average molecular weight is 465 g/mol. The van der Waals surface area contributed by atoms with Crippen molar-refractivity contribution in [2.45, 2.75) is 44.3 Å². The van der Waals surface area contributed by atoms with Crippen molar-refractivity contribution >= 4 is 40.0 Å². The molecule has 0 amide bonds. The number of hydrogen-bond acceptors (Lipinski definition) is 6. The maximum Gasteiger partial charge on any atom is 0.225 e. The molecule has 0 unspecified atom stereocenters. The van der Waals surface area contributed by atoms with E-state index in [9.17, 15) is 0 Å². The highest BCUT2D eigenvalue weighted by Crippen LogP contribution is 2.26. The first-order valence-electron chi connectivity index (χ1n) is 11.4. The first kappa shape index (κ1) is 23.0. The fourth-order valence-corrected chi connectivity index (χ4v) is 4.43. The predicted molar refractivity (Wildman–Crippen MR) is 139 cm³/mol. The van der Waals surface area contributed by atoms with Gasteiger partial charge in [0.05, 0.1) is 12.6 Å². The third kappa shape index (κ3) is 6.01. The minimum Gasteiger partial charge on any atom is -0.497 e. The van der Waals surface area contributed by atoms with Gasteiger partial charge in [0.1, 0.15) is 11.6 Å². The summed E-state index contributed by atoms with van der Waals surface area (Å²) in [5, 5.41) is 12.1. The Morgan fingerprint density at radius 3 is 2.39 bits per heavy atom. The minimum atomic E-state index is 0.361. The maximum absolute atomic E-state index is 5.51. The van der Waals surface area contributed by atoms with E-state index in [4.69, 9.17) is 26.9 Å². The van der Waals surface area contributed by atoms with E-state index in [1.807, 2.05) is 61.5 Å². The number of aromatic nitrogens is 2. The molecule has 3 N–H and O–H groups in total. The lowest BCUT2D eigenvalue weighted by molar-refractivity contribution is 0.385. The van der Waals surface area contributed by atoms with Crippen LogP contribution in [-0.2, 0) is 6.54 Å². The summed E-state index contributed by atoms with van der Waals surface area (Å²) in [4.78, 5) is 11.6. The van der Waals surface area contributed by atoms with E-state index in [1.165, 1.54) is 5.56 Å². The highest BCUT2D eigenvalue weighted by molar-refractivity contribution is 7.80. The number of nitrogens with one attached hydrogen (secondary N) is 3. The Hall–Kier alpha value is -3.13. The molecule has 1 aromatic heterocycles. The van der Waals surface area contributed by atoms with Gasteiger partial charge in [0, 0.05) is 38.1 Å². The molecule has 8 heteroatoms. The molecule has 0 atom stereocenters. The molecule has 3 aromatic rings. The van der Waals surface area contributed by atoms with Crippen LogP contribution in [0.3, 0.4) is 0 Å². The summed E-state index contributed by atoms with van der Waals surface area (Å²) in [6.45, 7) is 0.695. The molecule has 1 heterocycles. The Balaban J connectivity index is 1.26. The quantitative estimate of drug-likeness (QED) is 0.452. The maximum atomic E-state index is 5.51. The van der Waals surface area contributed by atoms with E-state index >= 15 is 0 Å². The van der Waals surface area contributed by atoms with Crippen LogP contribution in [0.15, 0.2) is 48.5 Å². The van der Waals surface area contributed by atoms with E-state index in [0.29, 0.717) is 29.7 Å². The molecule has 33 heavy (non-hydrogen) atoms. The molecular formula is C25H32N6OS. The monoisotopic (exact) mass is 464 g/mol. The Bertz CT molecular complexity index is 1080. The van der Waals surface area contributed by atoms with Crippen LogP contribution in [0.5, 0.6) is 5.75 Å². The van der Waals surface area contributed by atoms with Gasteiger partial charge in [-0.1, -0.05) is 24.3 Å². The smallest absolute Gasteiger partial charge is 0.225 e. The zero-order valence-corrected chi connectivity index (χ0v) is 20.3. The third-order valence-electron chi connectivity index (χ3n) is 6.01. The van der Waals surface area contributed by atoms with E-state index in [1.54, 1.807) is 7.11 Å². The summed E-state index contributed by atoms with van der Waals surface area (Å²) in [6.07, 6.45) is 4.20. The van der Waals surface area contributed by atoms with Crippen molar-refractivity contribution in [3.8, 4) is 5.75 Å². The Morgan fingerprint density at radius 2 is 1.70 bits per heavy atom. The number of ether oxygens (including phenoxy) is 1. The summed E-state index contributed by atoms with van der Waals surface area (Å²) < 4.78 is 5.20. The van der Waals surface area contributed by atoms with Crippen LogP contribution in [0.1, 0.15) is 31.2 Å². The van der Waals surface area contributed by atoms with Crippen molar-refractivity contribution in [1.82, 2.24) is 20.6 Å². The van der Waals surface area contributed by atoms with Gasteiger partial charge >= 0.3 is 0 Å². The second-order valence-electron chi connectivity index (χ2n) is 8.65. The van der Waals surface area contributed by atoms with Crippen molar-refractivity contribution in [1.29, 1.82) is 0 Å². The Labute approximate surface area is 200 Å². The number of thiocarbonyl (C=S) groups is 1. The fraction of sp³-hybridized carbons (Fsp3) is 0.400. The molecule has 1 aliphatic rings. The first-order valence-corrected chi connectivity index (χ1v) is 11.8. The van der Waals surface area contributed by atoms with Crippen LogP contribution in [0, 0.1) is 0 Å². The van der Waals surface area contributed by atoms with Gasteiger partial charge in [0.15, 0.2) is 5.11 Å². The van der Waals surface area contributed by atoms with Gasteiger partial charge in [-0.2, -0.15) is 4.98 Å². The molecule has 4 rings (SSSR count). The van der Waals surface area contributed by atoms with Gasteiger partial charge in [-0.3, -0.25) is 0 Å². The SMILES string of the molecule is COc1ccc(CNC(=S)NC2CCC(Nc3nc(N(C)C)c4ccccc4n3)CC2)cc1. The van der Waals surface area contributed by atoms with E-state index in [0.717, 1.165) is 48.2 Å². The van der Waals surface area contributed by atoms with Gasteiger partial charge in [-0.15, -0.1) is 0 Å². The number of nitrogens with zero attached hydrogens (tertiary/aromatic N) is 3. The van der Waals surface area contributed by atoms with Gasteiger partial charge < -0.3 is 25.6 Å². The van der Waals surface area contributed by atoms with Gasteiger partial charge in [-0.05, 0) is 67.7 Å². The summed E-state index contributed by atoms with van der Waals surface area (Å²) in [5.41, 5.74) is 2.13. The van der Waals surface area contributed by atoms with Crippen molar-refractivity contribution in [2.75, 3.05) is 31.4 Å². The lowest BCUT2D eigenvalue weighted by Gasteiger charge is -2.30. The highest BCUT2D eigenvalue weighted by Gasteiger charge is 2.22. The van der Waals surface area contributed by atoms with Gasteiger partial charge in [0.25, 0.3) is 0 Å². The van der Waals surface area contributed by atoms with E-state index in [-0.39, 0.29) is 0 Å². The lowest BCUT2D eigenvalue weighted by atomic mass is 9.91. The van der Waals surface area contributed by atoms with Crippen LogP contribution in [0.2, 0.25) is 0 Å². The zero-order chi connectivity index (χ0) is 23.2. The predicted octanol–water partition coefficient (Wildman–Crippen LogP) is 4.09. The standard InChI is InChI=1S/C25H32N6OS/c1-31(2)23-21-6-4-5-7-22(21)29-24(30-23)27-18-10-12-19(13-11-18)28-25(33)26-16-17-8-14-20(32-3)15-9-17/h4-9,14-15,18-19H,10-13,16H2,1-3H3,(H2,26,28,33)(H,27,29,30). The molecule has 174 valence electrons. The summed E-state index contributed by atoms with van der Waals surface area (Å²) in [6, 6.07) is 16.9. The van der Waals surface area contributed by atoms with Crippen molar-refractivity contribution in [2.24, 2.45) is 0 Å². The zero-order valence-electron chi connectivity index (χ0n) is 19.5. The third-order valence-corrected chi connectivity index (χ3v) is 6.28. The number of para-hydroxylation sites is 1.